The maximum atomic E-state index is 12.7. The van der Waals surface area contributed by atoms with Gasteiger partial charge in [0.1, 0.15) is 5.75 Å². The average molecular weight is 390 g/mol. The molecule has 0 aliphatic heterocycles. The van der Waals surface area contributed by atoms with Crippen LogP contribution in [0.15, 0.2) is 53.4 Å². The van der Waals surface area contributed by atoms with E-state index in [2.05, 4.69) is 5.32 Å². The first-order valence-corrected chi connectivity index (χ1v) is 11.0. The zero-order valence-electron chi connectivity index (χ0n) is 16.2. The van der Waals surface area contributed by atoms with Crippen LogP contribution >= 0.6 is 0 Å². The molecule has 0 aromatic heterocycles. The van der Waals surface area contributed by atoms with Gasteiger partial charge in [0.05, 0.1) is 10.9 Å². The van der Waals surface area contributed by atoms with Gasteiger partial charge in [-0.25, -0.2) is 8.42 Å². The van der Waals surface area contributed by atoms with Crippen LogP contribution in [0, 0.1) is 6.92 Å². The molecule has 2 rings (SSSR count). The number of carbonyl (C=O) groups excluding carboxylic acids is 1. The molecule has 146 valence electrons. The third-order valence-corrected chi connectivity index (χ3v) is 5.49. The summed E-state index contributed by atoms with van der Waals surface area (Å²) in [6.07, 6.45) is 1.82. The highest BCUT2D eigenvalue weighted by Gasteiger charge is 2.22. The van der Waals surface area contributed by atoms with Crippen LogP contribution in [0.3, 0.4) is 0 Å². The summed E-state index contributed by atoms with van der Waals surface area (Å²) in [6, 6.07) is 14.0. The highest BCUT2D eigenvalue weighted by Crippen LogP contribution is 2.21. The van der Waals surface area contributed by atoms with Crippen molar-refractivity contribution in [2.45, 2.75) is 50.7 Å². The number of amides is 1. The zero-order chi connectivity index (χ0) is 20.0. The topological polar surface area (TPSA) is 72.5 Å². The lowest BCUT2D eigenvalue weighted by Gasteiger charge is -2.22. The van der Waals surface area contributed by atoms with Gasteiger partial charge in [0, 0.05) is 6.26 Å². The first-order chi connectivity index (χ1) is 12.7. The maximum Gasteiger partial charge on any atom is 0.261 e. The van der Waals surface area contributed by atoms with Gasteiger partial charge in [0.15, 0.2) is 15.9 Å². The summed E-state index contributed by atoms with van der Waals surface area (Å²) in [5, 5.41) is 3.01. The summed E-state index contributed by atoms with van der Waals surface area (Å²) in [7, 11) is -3.24. The van der Waals surface area contributed by atoms with E-state index < -0.39 is 15.9 Å². The summed E-state index contributed by atoms with van der Waals surface area (Å²) in [5.41, 5.74) is 1.93. The molecule has 0 spiro atoms. The highest BCUT2D eigenvalue weighted by molar-refractivity contribution is 7.90. The molecule has 1 N–H and O–H groups in total. The van der Waals surface area contributed by atoms with Gasteiger partial charge in [0.2, 0.25) is 0 Å². The Kier molecular flexibility index (Phi) is 7.02. The molecule has 0 radical (unpaired) electrons. The fraction of sp³-hybridized carbons (Fsp3) is 0.381. The van der Waals surface area contributed by atoms with Crippen molar-refractivity contribution in [3.8, 4) is 5.75 Å². The van der Waals surface area contributed by atoms with Crippen molar-refractivity contribution >= 4 is 15.7 Å². The van der Waals surface area contributed by atoms with E-state index >= 15 is 0 Å². The lowest BCUT2D eigenvalue weighted by atomic mass is 10.0. The largest absolute Gasteiger partial charge is 0.481 e. The first-order valence-electron chi connectivity index (χ1n) is 9.08. The Labute approximate surface area is 161 Å². The number of rotatable bonds is 8. The molecule has 0 heterocycles. The average Bonchev–Trinajstić information content (AvgIpc) is 2.63. The van der Waals surface area contributed by atoms with Crippen molar-refractivity contribution in [3.05, 3.63) is 59.7 Å². The SMILES string of the molecule is CC[C@@H](Oc1cccc(C)c1)C(=O)N[C@H](CC)c1ccc(S(C)(=O)=O)cc1. The zero-order valence-corrected chi connectivity index (χ0v) is 17.0. The molecule has 1 amide bonds. The molecule has 0 unspecified atom stereocenters. The quantitative estimate of drug-likeness (QED) is 0.745. The minimum atomic E-state index is -3.24. The number of carbonyl (C=O) groups is 1. The number of aryl methyl sites for hydroxylation is 1. The lowest BCUT2D eigenvalue weighted by Crippen LogP contribution is -2.39. The van der Waals surface area contributed by atoms with Crippen LogP contribution in [0.4, 0.5) is 0 Å². The van der Waals surface area contributed by atoms with Crippen molar-refractivity contribution in [1.29, 1.82) is 0 Å². The van der Waals surface area contributed by atoms with E-state index in [1.54, 1.807) is 24.3 Å². The smallest absolute Gasteiger partial charge is 0.261 e. The van der Waals surface area contributed by atoms with Crippen LogP contribution in [0.25, 0.3) is 0 Å². The van der Waals surface area contributed by atoms with Crippen LogP contribution in [0.1, 0.15) is 43.9 Å². The third kappa shape index (κ3) is 5.82. The van der Waals surface area contributed by atoms with E-state index in [9.17, 15) is 13.2 Å². The van der Waals surface area contributed by atoms with Crippen molar-refractivity contribution in [2.24, 2.45) is 0 Å². The van der Waals surface area contributed by atoms with Crippen molar-refractivity contribution in [2.75, 3.05) is 6.26 Å². The van der Waals surface area contributed by atoms with Gasteiger partial charge in [-0.05, 0) is 55.2 Å². The van der Waals surface area contributed by atoms with Gasteiger partial charge in [0.25, 0.3) is 5.91 Å². The Morgan fingerprint density at radius 3 is 2.26 bits per heavy atom. The molecule has 2 atom stereocenters. The monoisotopic (exact) mass is 389 g/mol. The molecular formula is C21H27NO4S. The molecule has 0 aliphatic rings. The van der Waals surface area contributed by atoms with E-state index in [1.165, 1.54) is 6.26 Å². The fourth-order valence-corrected chi connectivity index (χ4v) is 3.44. The van der Waals surface area contributed by atoms with Crippen molar-refractivity contribution < 1.29 is 17.9 Å². The standard InChI is InChI=1S/C21H27NO4S/c1-5-19(16-10-12-18(13-11-16)27(4,24)25)22-21(23)20(6-2)26-17-9-7-8-15(3)14-17/h7-14,19-20H,5-6H2,1-4H3,(H,22,23)/t19-,20-/m1/s1. The minimum Gasteiger partial charge on any atom is -0.481 e. The Morgan fingerprint density at radius 2 is 1.74 bits per heavy atom. The number of nitrogens with one attached hydrogen (secondary N) is 1. The number of benzene rings is 2. The second-order valence-electron chi connectivity index (χ2n) is 6.64. The van der Waals surface area contributed by atoms with Gasteiger partial charge >= 0.3 is 0 Å². The lowest BCUT2D eigenvalue weighted by molar-refractivity contribution is -0.128. The molecule has 2 aromatic carbocycles. The van der Waals surface area contributed by atoms with Crippen LogP contribution < -0.4 is 10.1 Å². The molecule has 0 bridgehead atoms. The molecule has 6 heteroatoms. The van der Waals surface area contributed by atoms with Gasteiger partial charge < -0.3 is 10.1 Å². The molecule has 0 saturated carbocycles. The van der Waals surface area contributed by atoms with Crippen molar-refractivity contribution in [1.82, 2.24) is 5.32 Å². The fourth-order valence-electron chi connectivity index (χ4n) is 2.81. The van der Waals surface area contributed by atoms with E-state index in [0.29, 0.717) is 18.6 Å². The predicted octanol–water partition coefficient (Wildman–Crippen LogP) is 3.82. The maximum absolute atomic E-state index is 12.7. The molecule has 5 nitrogen and oxygen atoms in total. The number of hydrogen-bond donors (Lipinski definition) is 1. The Morgan fingerprint density at radius 1 is 1.07 bits per heavy atom. The summed E-state index contributed by atoms with van der Waals surface area (Å²) < 4.78 is 29.1. The van der Waals surface area contributed by atoms with Gasteiger partial charge in [-0.1, -0.05) is 38.1 Å². The molecule has 0 aliphatic carbocycles. The molecule has 27 heavy (non-hydrogen) atoms. The van der Waals surface area contributed by atoms with Crippen LogP contribution in [0.2, 0.25) is 0 Å². The normalized spacial score (nSPS) is 13.6. The van der Waals surface area contributed by atoms with Crippen molar-refractivity contribution in [3.63, 3.8) is 0 Å². The summed E-state index contributed by atoms with van der Waals surface area (Å²) in [5.74, 6) is 0.487. The Bertz CT molecular complexity index is 875. The van der Waals surface area contributed by atoms with Crippen LogP contribution in [-0.2, 0) is 14.6 Å². The summed E-state index contributed by atoms with van der Waals surface area (Å²) >= 11 is 0. The van der Waals surface area contributed by atoms with Crippen LogP contribution in [-0.4, -0.2) is 26.7 Å². The molecule has 2 aromatic rings. The highest BCUT2D eigenvalue weighted by atomic mass is 32.2. The summed E-state index contributed by atoms with van der Waals surface area (Å²) in [4.78, 5) is 13.0. The number of hydrogen-bond acceptors (Lipinski definition) is 4. The van der Waals surface area contributed by atoms with Gasteiger partial charge in [-0.15, -0.1) is 0 Å². The Balaban J connectivity index is 2.10. The molecule has 0 saturated heterocycles. The van der Waals surface area contributed by atoms with Gasteiger partial charge in [-0.3, -0.25) is 4.79 Å². The molecule has 0 fully saturated rings. The second kappa shape index (κ2) is 9.04. The van der Waals surface area contributed by atoms with E-state index in [-0.39, 0.29) is 16.8 Å². The number of ether oxygens (including phenoxy) is 1. The number of sulfone groups is 1. The predicted molar refractivity (Wildman–Crippen MR) is 107 cm³/mol. The first kappa shape index (κ1) is 21.0. The molecular weight excluding hydrogens is 362 g/mol. The van der Waals surface area contributed by atoms with E-state index in [0.717, 1.165) is 11.1 Å². The Hall–Kier alpha value is -2.34. The van der Waals surface area contributed by atoms with Crippen LogP contribution in [0.5, 0.6) is 5.75 Å². The van der Waals surface area contributed by atoms with E-state index in [1.807, 2.05) is 45.0 Å². The van der Waals surface area contributed by atoms with Gasteiger partial charge in [-0.2, -0.15) is 0 Å². The van der Waals surface area contributed by atoms with E-state index in [4.69, 9.17) is 4.74 Å². The third-order valence-electron chi connectivity index (χ3n) is 4.37. The second-order valence-corrected chi connectivity index (χ2v) is 8.66. The summed E-state index contributed by atoms with van der Waals surface area (Å²) in [6.45, 7) is 5.85. The minimum absolute atomic E-state index is 0.182.